The molecule has 30 heavy (non-hydrogen) atoms. The van der Waals surface area contributed by atoms with Crippen molar-refractivity contribution in [3.05, 3.63) is 65.3 Å². The predicted molar refractivity (Wildman–Crippen MR) is 121 cm³/mol. The highest BCUT2D eigenvalue weighted by Gasteiger charge is 2.24. The van der Waals surface area contributed by atoms with Gasteiger partial charge in [0, 0.05) is 34.4 Å². The van der Waals surface area contributed by atoms with Crippen molar-refractivity contribution in [3.63, 3.8) is 0 Å². The van der Waals surface area contributed by atoms with E-state index in [0.29, 0.717) is 29.0 Å². The lowest BCUT2D eigenvalue weighted by molar-refractivity contribution is 0.0923. The zero-order valence-corrected chi connectivity index (χ0v) is 17.8. The molecule has 156 valence electrons. The Labute approximate surface area is 181 Å². The maximum atomic E-state index is 12.7. The fourth-order valence-corrected chi connectivity index (χ4v) is 4.21. The standard InChI is InChI=1S/C24H26ClN3O2/c1-2-30-23-6-4-3-5-20(23)24(29)28-18-10-8-17(9-11-18)27-21-13-14-26-22-15-16(25)7-12-19(21)22/h3-7,12-15,17-18H,2,8-11H2,1H3,(H,26,27)(H,28,29). The number of rotatable bonds is 6. The summed E-state index contributed by atoms with van der Waals surface area (Å²) in [5.74, 6) is 0.574. The molecule has 0 unspecified atom stereocenters. The van der Waals surface area contributed by atoms with Crippen LogP contribution in [0.1, 0.15) is 43.0 Å². The molecule has 0 aliphatic heterocycles. The molecule has 2 N–H and O–H groups in total. The first-order valence-corrected chi connectivity index (χ1v) is 10.9. The van der Waals surface area contributed by atoms with Crippen molar-refractivity contribution in [1.29, 1.82) is 0 Å². The Kier molecular flexibility index (Phi) is 6.38. The van der Waals surface area contributed by atoms with Gasteiger partial charge in [-0.1, -0.05) is 23.7 Å². The van der Waals surface area contributed by atoms with Gasteiger partial charge >= 0.3 is 0 Å². The minimum atomic E-state index is -0.0625. The lowest BCUT2D eigenvalue weighted by Crippen LogP contribution is -2.40. The molecule has 0 atom stereocenters. The number of nitrogens with zero attached hydrogens (tertiary/aromatic N) is 1. The molecule has 6 heteroatoms. The van der Waals surface area contributed by atoms with E-state index in [-0.39, 0.29) is 11.9 Å². The Morgan fingerprint density at radius 1 is 1.10 bits per heavy atom. The van der Waals surface area contributed by atoms with Crippen LogP contribution >= 0.6 is 11.6 Å². The normalized spacial score (nSPS) is 18.7. The van der Waals surface area contributed by atoms with E-state index in [0.717, 1.165) is 42.3 Å². The van der Waals surface area contributed by atoms with Crippen molar-refractivity contribution >= 4 is 34.1 Å². The maximum absolute atomic E-state index is 12.7. The predicted octanol–water partition coefficient (Wildman–Crippen LogP) is 5.44. The molecule has 1 heterocycles. The quantitative estimate of drug-likeness (QED) is 0.554. The number of carbonyl (C=O) groups excluding carboxylic acids is 1. The number of pyridine rings is 1. The number of benzene rings is 2. The summed E-state index contributed by atoms with van der Waals surface area (Å²) in [6, 6.07) is 15.7. The third-order valence-corrected chi connectivity index (χ3v) is 5.79. The first kappa shape index (κ1) is 20.5. The van der Waals surface area contributed by atoms with Crippen molar-refractivity contribution in [2.45, 2.75) is 44.7 Å². The molecule has 1 aromatic heterocycles. The monoisotopic (exact) mass is 423 g/mol. The topological polar surface area (TPSA) is 63.2 Å². The van der Waals surface area contributed by atoms with E-state index in [1.807, 2.05) is 61.7 Å². The highest BCUT2D eigenvalue weighted by molar-refractivity contribution is 6.31. The fourth-order valence-electron chi connectivity index (χ4n) is 4.05. The van der Waals surface area contributed by atoms with Crippen LogP contribution < -0.4 is 15.4 Å². The summed E-state index contributed by atoms with van der Waals surface area (Å²) in [7, 11) is 0. The number of nitrogens with one attached hydrogen (secondary N) is 2. The molecule has 0 radical (unpaired) electrons. The SMILES string of the molecule is CCOc1ccccc1C(=O)NC1CCC(Nc2ccnc3cc(Cl)ccc23)CC1. The van der Waals surface area contributed by atoms with Crippen LogP contribution in [0.5, 0.6) is 5.75 Å². The van der Waals surface area contributed by atoms with E-state index >= 15 is 0 Å². The molecule has 1 amide bonds. The summed E-state index contributed by atoms with van der Waals surface area (Å²) in [5.41, 5.74) is 2.57. The molecule has 0 spiro atoms. The van der Waals surface area contributed by atoms with Crippen LogP contribution in [0.15, 0.2) is 54.7 Å². The van der Waals surface area contributed by atoms with Gasteiger partial charge in [0.2, 0.25) is 0 Å². The number of aromatic nitrogens is 1. The molecule has 1 aliphatic carbocycles. The van der Waals surface area contributed by atoms with Gasteiger partial charge in [-0.25, -0.2) is 0 Å². The third-order valence-electron chi connectivity index (χ3n) is 5.56. The van der Waals surface area contributed by atoms with Crippen molar-refractivity contribution < 1.29 is 9.53 Å². The van der Waals surface area contributed by atoms with Crippen molar-refractivity contribution in [2.75, 3.05) is 11.9 Å². The number of ether oxygens (including phenoxy) is 1. The maximum Gasteiger partial charge on any atom is 0.255 e. The summed E-state index contributed by atoms with van der Waals surface area (Å²) in [6.07, 6.45) is 5.68. The molecule has 5 nitrogen and oxygen atoms in total. The van der Waals surface area contributed by atoms with Crippen LogP contribution in [0.4, 0.5) is 5.69 Å². The molecule has 1 fully saturated rings. The Hall–Kier alpha value is -2.79. The van der Waals surface area contributed by atoms with Gasteiger partial charge in [0.1, 0.15) is 5.75 Å². The minimum Gasteiger partial charge on any atom is -0.493 e. The summed E-state index contributed by atoms with van der Waals surface area (Å²) < 4.78 is 5.59. The van der Waals surface area contributed by atoms with E-state index in [1.54, 1.807) is 0 Å². The average molecular weight is 424 g/mol. The first-order chi connectivity index (χ1) is 14.6. The van der Waals surface area contributed by atoms with Crippen molar-refractivity contribution in [2.24, 2.45) is 0 Å². The number of fused-ring (bicyclic) bond motifs is 1. The number of hydrogen-bond acceptors (Lipinski definition) is 4. The molecule has 0 saturated heterocycles. The van der Waals surface area contributed by atoms with Gasteiger partial charge < -0.3 is 15.4 Å². The van der Waals surface area contributed by atoms with Gasteiger partial charge in [-0.2, -0.15) is 0 Å². The second-order valence-corrected chi connectivity index (χ2v) is 8.05. The Morgan fingerprint density at radius 3 is 2.67 bits per heavy atom. The van der Waals surface area contributed by atoms with E-state index < -0.39 is 0 Å². The first-order valence-electron chi connectivity index (χ1n) is 10.5. The van der Waals surface area contributed by atoms with Crippen LogP contribution in [0.25, 0.3) is 10.9 Å². The number of para-hydroxylation sites is 1. The minimum absolute atomic E-state index is 0.0625. The van der Waals surface area contributed by atoms with Crippen molar-refractivity contribution in [3.8, 4) is 5.75 Å². The number of carbonyl (C=O) groups is 1. The molecule has 3 aromatic rings. The van der Waals surface area contributed by atoms with Crippen LogP contribution in [0, 0.1) is 0 Å². The number of anilines is 1. The number of amides is 1. The summed E-state index contributed by atoms with van der Waals surface area (Å²) in [6.45, 7) is 2.46. The molecular formula is C24H26ClN3O2. The van der Waals surface area contributed by atoms with Gasteiger partial charge in [-0.05, 0) is 69.0 Å². The van der Waals surface area contributed by atoms with Crippen molar-refractivity contribution in [1.82, 2.24) is 10.3 Å². The molecule has 1 saturated carbocycles. The highest BCUT2D eigenvalue weighted by atomic mass is 35.5. The van der Waals surface area contributed by atoms with Gasteiger partial charge in [0.15, 0.2) is 0 Å². The molecule has 2 aromatic carbocycles. The molecule has 4 rings (SSSR count). The Bertz CT molecular complexity index is 1030. The molecule has 0 bridgehead atoms. The van der Waals surface area contributed by atoms with Crippen LogP contribution in [-0.4, -0.2) is 29.6 Å². The number of hydrogen-bond donors (Lipinski definition) is 2. The highest BCUT2D eigenvalue weighted by Crippen LogP contribution is 2.28. The second kappa shape index (κ2) is 9.35. The largest absolute Gasteiger partial charge is 0.493 e. The molecular weight excluding hydrogens is 398 g/mol. The van der Waals surface area contributed by atoms with E-state index in [1.165, 1.54) is 0 Å². The lowest BCUT2D eigenvalue weighted by atomic mass is 9.90. The summed E-state index contributed by atoms with van der Waals surface area (Å²) in [5, 5.41) is 8.60. The van der Waals surface area contributed by atoms with E-state index in [9.17, 15) is 4.79 Å². The zero-order chi connectivity index (χ0) is 20.9. The lowest BCUT2D eigenvalue weighted by Gasteiger charge is -2.30. The van der Waals surface area contributed by atoms with Gasteiger partial charge in [-0.3, -0.25) is 9.78 Å². The fraction of sp³-hybridized carbons (Fsp3) is 0.333. The van der Waals surface area contributed by atoms with Gasteiger partial charge in [0.05, 0.1) is 17.7 Å². The van der Waals surface area contributed by atoms with Gasteiger partial charge in [-0.15, -0.1) is 0 Å². The van der Waals surface area contributed by atoms with Crippen LogP contribution in [0.2, 0.25) is 5.02 Å². The van der Waals surface area contributed by atoms with E-state index in [2.05, 4.69) is 15.6 Å². The zero-order valence-electron chi connectivity index (χ0n) is 17.0. The summed E-state index contributed by atoms with van der Waals surface area (Å²) >= 11 is 6.09. The van der Waals surface area contributed by atoms with Crippen LogP contribution in [0.3, 0.4) is 0 Å². The third kappa shape index (κ3) is 4.68. The average Bonchev–Trinajstić information content (AvgIpc) is 2.75. The summed E-state index contributed by atoms with van der Waals surface area (Å²) in [4.78, 5) is 17.1. The smallest absolute Gasteiger partial charge is 0.255 e. The van der Waals surface area contributed by atoms with Crippen LogP contribution in [-0.2, 0) is 0 Å². The second-order valence-electron chi connectivity index (χ2n) is 7.62. The Morgan fingerprint density at radius 2 is 1.87 bits per heavy atom. The molecule has 1 aliphatic rings. The van der Waals surface area contributed by atoms with Gasteiger partial charge in [0.25, 0.3) is 5.91 Å². The number of halogens is 1. The van der Waals surface area contributed by atoms with E-state index in [4.69, 9.17) is 16.3 Å². The Balaban J connectivity index is 1.35.